The third-order valence-electron chi connectivity index (χ3n) is 4.67. The number of hydrogen-bond donors (Lipinski definition) is 0. The molecule has 2 bridgehead atoms. The van der Waals surface area contributed by atoms with Gasteiger partial charge in [0.2, 0.25) is 0 Å². The number of halogens is 2. The lowest BCUT2D eigenvalue weighted by atomic mass is 9.79. The molecule has 0 aromatic heterocycles. The van der Waals surface area contributed by atoms with Crippen molar-refractivity contribution in [1.82, 2.24) is 0 Å². The van der Waals surface area contributed by atoms with Crippen LogP contribution in [-0.4, -0.2) is 11.9 Å². The first-order chi connectivity index (χ1) is 8.65. The highest BCUT2D eigenvalue weighted by atomic mass is 127. The van der Waals surface area contributed by atoms with Crippen molar-refractivity contribution in [2.45, 2.75) is 25.4 Å². The zero-order valence-corrected chi connectivity index (χ0v) is 14.0. The minimum Gasteiger partial charge on any atom is -0.489 e. The van der Waals surface area contributed by atoms with E-state index < -0.39 is 0 Å². The quantitative estimate of drug-likeness (QED) is 0.543. The van der Waals surface area contributed by atoms with Gasteiger partial charge in [0, 0.05) is 7.14 Å². The minimum absolute atomic E-state index is 0.143. The van der Waals surface area contributed by atoms with Crippen LogP contribution in [0.4, 0.5) is 0 Å². The number of rotatable bonds is 0. The van der Waals surface area contributed by atoms with E-state index in [0.29, 0.717) is 17.6 Å². The Morgan fingerprint density at radius 3 is 2.78 bits per heavy atom. The fraction of sp³-hybridized carbons (Fsp3) is 0.500. The number of carbonyl (C=O) groups is 1. The standard InChI is InChI=1S/C14H12I2O2/c15-8-4-9(16)12-10(5-8)18-14-7-2-1-6(3-7)11(14)13(12)17/h4-7,11,14H,1-3H2. The van der Waals surface area contributed by atoms with E-state index in [1.807, 2.05) is 6.07 Å². The molecule has 4 rings (SSSR count). The molecular weight excluding hydrogens is 454 g/mol. The molecule has 2 aliphatic carbocycles. The normalized spacial score (nSPS) is 36.2. The molecular formula is C14H12I2O2. The zero-order valence-electron chi connectivity index (χ0n) is 9.66. The molecule has 1 heterocycles. The monoisotopic (exact) mass is 466 g/mol. The highest BCUT2D eigenvalue weighted by molar-refractivity contribution is 14.1. The molecule has 0 radical (unpaired) electrons. The van der Waals surface area contributed by atoms with E-state index in [0.717, 1.165) is 18.5 Å². The zero-order chi connectivity index (χ0) is 12.4. The summed E-state index contributed by atoms with van der Waals surface area (Å²) in [4.78, 5) is 12.7. The molecule has 0 amide bonds. The summed E-state index contributed by atoms with van der Waals surface area (Å²) in [6, 6.07) is 4.08. The van der Waals surface area contributed by atoms with Crippen LogP contribution in [0.15, 0.2) is 12.1 Å². The van der Waals surface area contributed by atoms with Gasteiger partial charge in [-0.25, -0.2) is 0 Å². The van der Waals surface area contributed by atoms with Gasteiger partial charge in [-0.1, -0.05) is 0 Å². The van der Waals surface area contributed by atoms with Crippen LogP contribution < -0.4 is 4.74 Å². The molecule has 1 aromatic rings. The molecule has 2 fully saturated rings. The number of carbonyl (C=O) groups excluding carboxylic acids is 1. The van der Waals surface area contributed by atoms with Crippen LogP contribution in [0.25, 0.3) is 0 Å². The van der Waals surface area contributed by atoms with Gasteiger partial charge in [0.05, 0.1) is 11.5 Å². The number of ketones is 1. The Morgan fingerprint density at radius 2 is 1.94 bits per heavy atom. The van der Waals surface area contributed by atoms with E-state index >= 15 is 0 Å². The molecule has 2 nitrogen and oxygen atoms in total. The van der Waals surface area contributed by atoms with Gasteiger partial charge in [-0.15, -0.1) is 0 Å². The number of hydrogen-bond acceptors (Lipinski definition) is 2. The van der Waals surface area contributed by atoms with Crippen LogP contribution >= 0.6 is 45.2 Å². The van der Waals surface area contributed by atoms with E-state index in [9.17, 15) is 4.79 Å². The molecule has 94 valence electrons. The summed E-state index contributed by atoms with van der Waals surface area (Å²) in [5, 5.41) is 0. The minimum atomic E-state index is 0.143. The summed E-state index contributed by atoms with van der Waals surface area (Å²) in [5.74, 6) is 2.51. The number of ether oxygens (including phenoxy) is 1. The summed E-state index contributed by atoms with van der Waals surface area (Å²) in [6.45, 7) is 0. The lowest BCUT2D eigenvalue weighted by Gasteiger charge is -2.35. The van der Waals surface area contributed by atoms with Crippen LogP contribution in [0.3, 0.4) is 0 Å². The maximum Gasteiger partial charge on any atom is 0.174 e. The second kappa shape index (κ2) is 4.07. The molecule has 1 aliphatic heterocycles. The van der Waals surface area contributed by atoms with Crippen molar-refractivity contribution in [3.05, 3.63) is 24.8 Å². The smallest absolute Gasteiger partial charge is 0.174 e. The Labute approximate surface area is 133 Å². The van der Waals surface area contributed by atoms with E-state index in [-0.39, 0.29) is 12.0 Å². The van der Waals surface area contributed by atoms with Gasteiger partial charge < -0.3 is 4.74 Å². The second-order valence-corrected chi connectivity index (χ2v) is 7.97. The number of fused-ring (bicyclic) bond motifs is 6. The highest BCUT2D eigenvalue weighted by Gasteiger charge is 2.55. The van der Waals surface area contributed by atoms with Crippen molar-refractivity contribution in [3.63, 3.8) is 0 Å². The molecule has 0 N–H and O–H groups in total. The summed E-state index contributed by atoms with van der Waals surface area (Å²) >= 11 is 4.55. The molecule has 4 atom stereocenters. The van der Waals surface area contributed by atoms with Crippen molar-refractivity contribution in [2.75, 3.05) is 0 Å². The molecule has 0 saturated heterocycles. The third-order valence-corrected chi connectivity index (χ3v) is 6.14. The van der Waals surface area contributed by atoms with Crippen molar-refractivity contribution in [1.29, 1.82) is 0 Å². The Hall–Kier alpha value is 0.150. The third kappa shape index (κ3) is 1.53. The fourth-order valence-electron chi connectivity index (χ4n) is 3.97. The van der Waals surface area contributed by atoms with Crippen molar-refractivity contribution in [3.8, 4) is 5.75 Å². The first kappa shape index (κ1) is 11.9. The Balaban J connectivity index is 1.86. The largest absolute Gasteiger partial charge is 0.489 e. The molecule has 18 heavy (non-hydrogen) atoms. The van der Waals surface area contributed by atoms with E-state index in [1.165, 1.54) is 19.3 Å². The van der Waals surface area contributed by atoms with Gasteiger partial charge in [-0.3, -0.25) is 4.79 Å². The average molecular weight is 466 g/mol. The Morgan fingerprint density at radius 1 is 1.17 bits per heavy atom. The molecule has 1 aromatic carbocycles. The van der Waals surface area contributed by atoms with Gasteiger partial charge in [0.1, 0.15) is 11.9 Å². The van der Waals surface area contributed by atoms with Crippen molar-refractivity contribution >= 4 is 51.0 Å². The predicted octanol–water partition coefficient (Wildman–Crippen LogP) is 3.89. The lowest BCUT2D eigenvalue weighted by molar-refractivity contribution is 0.0478. The molecule has 0 spiro atoms. The van der Waals surface area contributed by atoms with E-state index in [1.54, 1.807) is 0 Å². The lowest BCUT2D eigenvalue weighted by Crippen LogP contribution is -2.42. The Bertz CT molecular complexity index is 555. The SMILES string of the molecule is O=C1c2c(I)cc(I)cc2OC2C3CCC(C3)C12. The van der Waals surface area contributed by atoms with Crippen LogP contribution in [-0.2, 0) is 0 Å². The second-order valence-electron chi connectivity index (χ2n) is 5.57. The molecule has 2 saturated carbocycles. The first-order valence-corrected chi connectivity index (χ1v) is 8.51. The van der Waals surface area contributed by atoms with Crippen LogP contribution in [0.5, 0.6) is 5.75 Å². The summed E-state index contributed by atoms with van der Waals surface area (Å²) in [7, 11) is 0. The topological polar surface area (TPSA) is 26.3 Å². The maximum absolute atomic E-state index is 12.7. The van der Waals surface area contributed by atoms with Gasteiger partial charge >= 0.3 is 0 Å². The van der Waals surface area contributed by atoms with E-state index in [2.05, 4.69) is 51.2 Å². The summed E-state index contributed by atoms with van der Waals surface area (Å²) in [6.07, 6.45) is 3.83. The molecule has 4 heteroatoms. The van der Waals surface area contributed by atoms with Gasteiger partial charge in [0.25, 0.3) is 0 Å². The number of benzene rings is 1. The van der Waals surface area contributed by atoms with Gasteiger partial charge in [0.15, 0.2) is 5.78 Å². The highest BCUT2D eigenvalue weighted by Crippen LogP contribution is 2.54. The fourth-order valence-corrected chi connectivity index (χ4v) is 6.02. The van der Waals surface area contributed by atoms with Crippen molar-refractivity contribution < 1.29 is 9.53 Å². The van der Waals surface area contributed by atoms with Crippen LogP contribution in [0, 0.1) is 24.9 Å². The Kier molecular flexibility index (Phi) is 2.70. The maximum atomic E-state index is 12.7. The predicted molar refractivity (Wildman–Crippen MR) is 84.9 cm³/mol. The number of Topliss-reactive ketones (excluding diaryl/α,β-unsaturated/α-hetero) is 1. The first-order valence-electron chi connectivity index (χ1n) is 6.35. The average Bonchev–Trinajstić information content (AvgIpc) is 2.88. The summed E-state index contributed by atoms with van der Waals surface area (Å²) in [5.41, 5.74) is 0.838. The van der Waals surface area contributed by atoms with E-state index in [4.69, 9.17) is 4.74 Å². The van der Waals surface area contributed by atoms with Crippen LogP contribution in [0.2, 0.25) is 0 Å². The molecule has 4 unspecified atom stereocenters. The molecule has 3 aliphatic rings. The summed E-state index contributed by atoms with van der Waals surface area (Å²) < 4.78 is 8.38. The van der Waals surface area contributed by atoms with Gasteiger partial charge in [-0.2, -0.15) is 0 Å². The van der Waals surface area contributed by atoms with Gasteiger partial charge in [-0.05, 0) is 88.4 Å². The van der Waals surface area contributed by atoms with Crippen LogP contribution in [0.1, 0.15) is 29.6 Å². The van der Waals surface area contributed by atoms with Crippen molar-refractivity contribution in [2.24, 2.45) is 17.8 Å².